The molecule has 0 saturated carbocycles. The fourth-order valence-electron chi connectivity index (χ4n) is 3.02. The van der Waals surface area contributed by atoms with E-state index in [1.54, 1.807) is 0 Å². The molecule has 8 heteroatoms. The molecule has 0 aromatic carbocycles. The van der Waals surface area contributed by atoms with Crippen LogP contribution in [0.5, 0.6) is 0 Å². The van der Waals surface area contributed by atoms with Crippen LogP contribution in [0.4, 0.5) is 0 Å². The van der Waals surface area contributed by atoms with E-state index in [2.05, 4.69) is 27.8 Å². The molecule has 1 aliphatic heterocycles. The molecule has 0 bridgehead atoms. The normalized spacial score (nSPS) is 21.3. The first-order valence-electron chi connectivity index (χ1n) is 7.52. The number of rotatable bonds is 4. The lowest BCUT2D eigenvalue weighted by molar-refractivity contribution is -0.128. The lowest BCUT2D eigenvalue weighted by Crippen LogP contribution is -2.53. The number of hydrogen-bond donors (Lipinski definition) is 2. The van der Waals surface area contributed by atoms with Crippen molar-refractivity contribution in [1.29, 1.82) is 0 Å². The van der Waals surface area contributed by atoms with Crippen LogP contribution < -0.4 is 10.6 Å². The summed E-state index contributed by atoms with van der Waals surface area (Å²) in [7, 11) is 0. The zero-order valence-electron chi connectivity index (χ0n) is 13.3. The van der Waals surface area contributed by atoms with Crippen molar-refractivity contribution >= 4 is 36.4 Å². The molecule has 1 aliphatic rings. The van der Waals surface area contributed by atoms with Crippen LogP contribution in [0, 0.1) is 0 Å². The van der Waals surface area contributed by atoms with Crippen LogP contribution in [0.2, 0.25) is 0 Å². The standard InChI is InChI=1S/C15H21N5O.2ClH/c1-3-15(8-6-9-16-15)14(21)17-11(2)13-19-18-12-7-4-5-10-20(12)13;;/h4-5,7,10-11,16H,3,6,8-9H2,1-2H3,(H,17,21);2*1H. The van der Waals surface area contributed by atoms with Crippen LogP contribution >= 0.6 is 24.8 Å². The number of fused-ring (bicyclic) bond motifs is 1. The van der Waals surface area contributed by atoms with Crippen LogP contribution in [-0.2, 0) is 4.79 Å². The summed E-state index contributed by atoms with van der Waals surface area (Å²) in [5.74, 6) is 0.811. The van der Waals surface area contributed by atoms with Crippen LogP contribution in [0.3, 0.4) is 0 Å². The predicted molar refractivity (Wildman–Crippen MR) is 94.3 cm³/mol. The van der Waals surface area contributed by atoms with Crippen molar-refractivity contribution in [3.63, 3.8) is 0 Å². The third kappa shape index (κ3) is 3.59. The van der Waals surface area contributed by atoms with E-state index < -0.39 is 5.54 Å². The number of halogens is 2. The van der Waals surface area contributed by atoms with Gasteiger partial charge >= 0.3 is 0 Å². The number of carbonyl (C=O) groups excluding carboxylic acids is 1. The molecule has 0 aliphatic carbocycles. The second-order valence-electron chi connectivity index (χ2n) is 5.65. The van der Waals surface area contributed by atoms with Gasteiger partial charge in [0.15, 0.2) is 11.5 Å². The summed E-state index contributed by atoms with van der Waals surface area (Å²) in [5.41, 5.74) is 0.368. The molecular weight excluding hydrogens is 337 g/mol. The highest BCUT2D eigenvalue weighted by molar-refractivity contribution is 5.87. The first-order chi connectivity index (χ1) is 10.2. The number of amides is 1. The fraction of sp³-hybridized carbons (Fsp3) is 0.533. The molecule has 23 heavy (non-hydrogen) atoms. The molecule has 0 radical (unpaired) electrons. The minimum absolute atomic E-state index is 0. The Hall–Kier alpha value is -1.37. The van der Waals surface area contributed by atoms with Crippen molar-refractivity contribution in [2.24, 2.45) is 0 Å². The van der Waals surface area contributed by atoms with Crippen molar-refractivity contribution in [3.8, 4) is 0 Å². The van der Waals surface area contributed by atoms with E-state index in [9.17, 15) is 4.79 Å². The molecule has 1 fully saturated rings. The van der Waals surface area contributed by atoms with Gasteiger partial charge in [-0.3, -0.25) is 9.20 Å². The number of nitrogens with one attached hydrogen (secondary N) is 2. The quantitative estimate of drug-likeness (QED) is 0.878. The van der Waals surface area contributed by atoms with Gasteiger partial charge in [-0.2, -0.15) is 0 Å². The SMILES string of the molecule is CCC1(C(=O)NC(C)c2nnc3ccccn23)CCCN1.Cl.Cl. The van der Waals surface area contributed by atoms with Crippen molar-refractivity contribution in [2.75, 3.05) is 6.54 Å². The zero-order chi connectivity index (χ0) is 14.9. The molecule has 2 atom stereocenters. The van der Waals surface area contributed by atoms with Crippen molar-refractivity contribution in [2.45, 2.75) is 44.7 Å². The third-order valence-corrected chi connectivity index (χ3v) is 4.36. The highest BCUT2D eigenvalue weighted by Crippen LogP contribution is 2.24. The van der Waals surface area contributed by atoms with Crippen molar-refractivity contribution in [3.05, 3.63) is 30.2 Å². The maximum atomic E-state index is 12.6. The van der Waals surface area contributed by atoms with E-state index in [0.717, 1.165) is 37.3 Å². The van der Waals surface area contributed by atoms with E-state index in [0.29, 0.717) is 0 Å². The lowest BCUT2D eigenvalue weighted by atomic mass is 9.93. The Labute approximate surface area is 148 Å². The highest BCUT2D eigenvalue weighted by atomic mass is 35.5. The number of nitrogens with zero attached hydrogens (tertiary/aromatic N) is 3. The van der Waals surface area contributed by atoms with Gasteiger partial charge in [0, 0.05) is 6.20 Å². The van der Waals surface area contributed by atoms with Gasteiger partial charge in [-0.1, -0.05) is 13.0 Å². The molecule has 128 valence electrons. The van der Waals surface area contributed by atoms with E-state index in [4.69, 9.17) is 0 Å². The third-order valence-electron chi connectivity index (χ3n) is 4.36. The Balaban J connectivity index is 0.00000132. The monoisotopic (exact) mass is 359 g/mol. The minimum Gasteiger partial charge on any atom is -0.345 e. The molecule has 0 spiro atoms. The summed E-state index contributed by atoms with van der Waals surface area (Å²) in [5, 5.41) is 14.8. The van der Waals surface area contributed by atoms with E-state index >= 15 is 0 Å². The van der Waals surface area contributed by atoms with Gasteiger partial charge in [0.25, 0.3) is 0 Å². The van der Waals surface area contributed by atoms with E-state index in [-0.39, 0.29) is 36.8 Å². The smallest absolute Gasteiger partial charge is 0.240 e. The molecular formula is C15H23Cl2N5O. The fourth-order valence-corrected chi connectivity index (χ4v) is 3.02. The summed E-state index contributed by atoms with van der Waals surface area (Å²) in [6.45, 7) is 4.90. The average Bonchev–Trinajstić information content (AvgIpc) is 3.14. The summed E-state index contributed by atoms with van der Waals surface area (Å²) in [6, 6.07) is 5.57. The lowest BCUT2D eigenvalue weighted by Gasteiger charge is -2.28. The van der Waals surface area contributed by atoms with Crippen LogP contribution in [-0.4, -0.2) is 32.6 Å². The van der Waals surface area contributed by atoms with Crippen molar-refractivity contribution < 1.29 is 4.79 Å². The zero-order valence-corrected chi connectivity index (χ0v) is 14.9. The van der Waals surface area contributed by atoms with Crippen LogP contribution in [0.25, 0.3) is 5.65 Å². The summed E-state index contributed by atoms with van der Waals surface area (Å²) in [6.07, 6.45) is 4.65. The molecule has 3 rings (SSSR count). The molecule has 2 aromatic heterocycles. The Morgan fingerprint density at radius 1 is 1.43 bits per heavy atom. The number of aromatic nitrogens is 3. The minimum atomic E-state index is -0.422. The van der Waals surface area contributed by atoms with Gasteiger partial charge in [0.05, 0.1) is 11.6 Å². The Morgan fingerprint density at radius 3 is 2.87 bits per heavy atom. The predicted octanol–water partition coefficient (Wildman–Crippen LogP) is 2.28. The van der Waals surface area contributed by atoms with E-state index in [1.165, 1.54) is 0 Å². The second kappa shape index (κ2) is 7.95. The molecule has 1 saturated heterocycles. The average molecular weight is 360 g/mol. The van der Waals surface area contributed by atoms with Gasteiger partial charge < -0.3 is 10.6 Å². The first-order valence-corrected chi connectivity index (χ1v) is 7.52. The molecule has 2 unspecified atom stereocenters. The summed E-state index contributed by atoms with van der Waals surface area (Å²) in [4.78, 5) is 12.6. The molecule has 1 amide bonds. The van der Waals surface area contributed by atoms with E-state index in [1.807, 2.05) is 35.7 Å². The summed E-state index contributed by atoms with van der Waals surface area (Å²) >= 11 is 0. The second-order valence-corrected chi connectivity index (χ2v) is 5.65. The Kier molecular flexibility index (Phi) is 6.80. The molecule has 2 aromatic rings. The molecule has 3 heterocycles. The summed E-state index contributed by atoms with van der Waals surface area (Å²) < 4.78 is 1.91. The van der Waals surface area contributed by atoms with Crippen molar-refractivity contribution in [1.82, 2.24) is 25.2 Å². The topological polar surface area (TPSA) is 71.3 Å². The Bertz CT molecular complexity index is 654. The van der Waals surface area contributed by atoms with Gasteiger partial charge in [0.2, 0.25) is 5.91 Å². The molecule has 6 nitrogen and oxygen atoms in total. The number of hydrogen-bond acceptors (Lipinski definition) is 4. The largest absolute Gasteiger partial charge is 0.345 e. The number of pyridine rings is 1. The maximum Gasteiger partial charge on any atom is 0.240 e. The van der Waals surface area contributed by atoms with Gasteiger partial charge in [0.1, 0.15) is 0 Å². The highest BCUT2D eigenvalue weighted by Gasteiger charge is 2.39. The first kappa shape index (κ1) is 19.7. The van der Waals surface area contributed by atoms with Crippen LogP contribution in [0.1, 0.15) is 45.0 Å². The van der Waals surface area contributed by atoms with Gasteiger partial charge in [-0.15, -0.1) is 35.0 Å². The molecule has 2 N–H and O–H groups in total. The number of carbonyl (C=O) groups is 1. The van der Waals surface area contributed by atoms with Crippen LogP contribution in [0.15, 0.2) is 24.4 Å². The Morgan fingerprint density at radius 2 is 2.22 bits per heavy atom. The van der Waals surface area contributed by atoms with Gasteiger partial charge in [-0.25, -0.2) is 0 Å². The van der Waals surface area contributed by atoms with Gasteiger partial charge in [-0.05, 0) is 44.9 Å². The maximum absolute atomic E-state index is 12.6.